The van der Waals surface area contributed by atoms with Gasteiger partial charge in [-0.05, 0) is 44.0 Å². The number of benzene rings is 1. The number of hydrogen-bond donors (Lipinski definition) is 1. The molecule has 9 heteroatoms. The van der Waals surface area contributed by atoms with Gasteiger partial charge in [-0.1, -0.05) is 11.6 Å². The summed E-state index contributed by atoms with van der Waals surface area (Å²) in [6, 6.07) is 5.51. The molecule has 0 aliphatic carbocycles. The first-order valence-electron chi connectivity index (χ1n) is 5.08. The number of anilines is 1. The van der Waals surface area contributed by atoms with Crippen LogP contribution >= 0.6 is 54.8 Å². The lowest BCUT2D eigenvalue weighted by Crippen LogP contribution is -2.10. The predicted octanol–water partition coefficient (Wildman–Crippen LogP) is 5.09. The van der Waals surface area contributed by atoms with Crippen molar-refractivity contribution in [2.24, 2.45) is 0 Å². The summed E-state index contributed by atoms with van der Waals surface area (Å²) in [5, 5.41) is 13.5. The molecule has 104 valence electrons. The summed E-state index contributed by atoms with van der Waals surface area (Å²) >= 11 is 13.7. The van der Waals surface area contributed by atoms with Crippen molar-refractivity contribution >= 4 is 72.1 Å². The minimum Gasteiger partial charge on any atom is -0.320 e. The van der Waals surface area contributed by atoms with E-state index in [2.05, 4.69) is 37.2 Å². The normalized spacial score (nSPS) is 10.3. The summed E-state index contributed by atoms with van der Waals surface area (Å²) < 4.78 is 1.55. The summed E-state index contributed by atoms with van der Waals surface area (Å²) in [6.07, 6.45) is 0. The van der Waals surface area contributed by atoms with Gasteiger partial charge >= 0.3 is 0 Å². The average molecular weight is 441 g/mol. The number of carbonyl (C=O) groups is 1. The first-order chi connectivity index (χ1) is 9.38. The Hall–Kier alpha value is -0.960. The maximum Gasteiger partial charge on any atom is 0.271 e. The molecule has 1 amide bonds. The molecule has 0 spiro atoms. The van der Waals surface area contributed by atoms with Crippen LogP contribution in [0.1, 0.15) is 9.67 Å². The Morgan fingerprint density at radius 2 is 2.05 bits per heavy atom. The lowest BCUT2D eigenvalue weighted by molar-refractivity contribution is -0.384. The molecule has 0 aliphatic heterocycles. The predicted molar refractivity (Wildman–Crippen MR) is 85.8 cm³/mol. The van der Waals surface area contributed by atoms with Gasteiger partial charge in [-0.3, -0.25) is 14.9 Å². The third kappa shape index (κ3) is 3.38. The molecule has 0 unspecified atom stereocenters. The molecule has 0 bridgehead atoms. The number of rotatable bonds is 3. The van der Waals surface area contributed by atoms with E-state index in [9.17, 15) is 14.9 Å². The van der Waals surface area contributed by atoms with Crippen LogP contribution in [0.25, 0.3) is 0 Å². The molecule has 1 aromatic carbocycles. The average Bonchev–Trinajstić information content (AvgIpc) is 2.72. The van der Waals surface area contributed by atoms with E-state index in [4.69, 9.17) is 11.6 Å². The zero-order valence-corrected chi connectivity index (χ0v) is 14.3. The SMILES string of the molecule is O=C(Nc1cc([N+](=O)[O-])ccc1Cl)c1cc(Br)c(Br)s1. The third-order valence-corrected chi connectivity index (χ3v) is 5.86. The number of thiophene rings is 1. The van der Waals surface area contributed by atoms with Gasteiger partial charge < -0.3 is 5.32 Å². The van der Waals surface area contributed by atoms with E-state index in [1.165, 1.54) is 29.5 Å². The van der Waals surface area contributed by atoms with Gasteiger partial charge in [0.15, 0.2) is 0 Å². The van der Waals surface area contributed by atoms with Crippen LogP contribution in [0.3, 0.4) is 0 Å². The number of nitro groups is 1. The van der Waals surface area contributed by atoms with Crippen molar-refractivity contribution in [1.29, 1.82) is 0 Å². The Labute approximate surface area is 139 Å². The first kappa shape index (κ1) is 15.4. The zero-order valence-electron chi connectivity index (χ0n) is 9.52. The van der Waals surface area contributed by atoms with E-state index in [-0.39, 0.29) is 22.3 Å². The van der Waals surface area contributed by atoms with Gasteiger partial charge in [0.05, 0.1) is 24.3 Å². The summed E-state index contributed by atoms with van der Waals surface area (Å²) in [5.41, 5.74) is 0.0600. The van der Waals surface area contributed by atoms with Crippen LogP contribution in [0.2, 0.25) is 5.02 Å². The van der Waals surface area contributed by atoms with E-state index in [1.807, 2.05) is 0 Å². The van der Waals surface area contributed by atoms with Crippen LogP contribution in [-0.4, -0.2) is 10.8 Å². The fourth-order valence-corrected chi connectivity index (χ4v) is 3.46. The molecule has 1 N–H and O–H groups in total. The maximum absolute atomic E-state index is 12.0. The summed E-state index contributed by atoms with van der Waals surface area (Å²) in [7, 11) is 0. The largest absolute Gasteiger partial charge is 0.320 e. The van der Waals surface area contributed by atoms with Gasteiger partial charge in [0.1, 0.15) is 0 Å². The molecule has 0 saturated heterocycles. The van der Waals surface area contributed by atoms with Gasteiger partial charge in [-0.2, -0.15) is 0 Å². The molecule has 0 aliphatic rings. The number of nitrogens with zero attached hydrogens (tertiary/aromatic N) is 1. The van der Waals surface area contributed by atoms with Crippen molar-refractivity contribution in [1.82, 2.24) is 0 Å². The van der Waals surface area contributed by atoms with E-state index in [1.54, 1.807) is 6.07 Å². The van der Waals surface area contributed by atoms with E-state index < -0.39 is 4.92 Å². The van der Waals surface area contributed by atoms with Crippen LogP contribution < -0.4 is 5.32 Å². The zero-order chi connectivity index (χ0) is 14.9. The quantitative estimate of drug-likeness (QED) is 0.534. The second kappa shape index (κ2) is 6.21. The molecule has 1 aromatic heterocycles. The molecule has 2 aromatic rings. The van der Waals surface area contributed by atoms with Gasteiger partial charge in [0.2, 0.25) is 0 Å². The smallest absolute Gasteiger partial charge is 0.271 e. The van der Waals surface area contributed by atoms with Crippen LogP contribution in [0.15, 0.2) is 32.5 Å². The Morgan fingerprint density at radius 3 is 2.60 bits per heavy atom. The van der Waals surface area contributed by atoms with E-state index in [0.717, 1.165) is 8.26 Å². The van der Waals surface area contributed by atoms with Crippen LogP contribution in [0.5, 0.6) is 0 Å². The highest BCUT2D eigenvalue weighted by atomic mass is 79.9. The third-order valence-electron chi connectivity index (χ3n) is 2.28. The van der Waals surface area contributed by atoms with Crippen LogP contribution in [-0.2, 0) is 0 Å². The van der Waals surface area contributed by atoms with Crippen molar-refractivity contribution in [3.05, 3.63) is 52.5 Å². The van der Waals surface area contributed by atoms with Gasteiger partial charge in [-0.25, -0.2) is 0 Å². The lowest BCUT2D eigenvalue weighted by atomic mass is 10.2. The number of hydrogen-bond acceptors (Lipinski definition) is 4. The van der Waals surface area contributed by atoms with Crippen molar-refractivity contribution in [2.75, 3.05) is 5.32 Å². The lowest BCUT2D eigenvalue weighted by Gasteiger charge is -2.05. The van der Waals surface area contributed by atoms with E-state index in [0.29, 0.717) is 4.88 Å². The molecular weight excluding hydrogens is 435 g/mol. The number of amides is 1. The molecule has 5 nitrogen and oxygen atoms in total. The molecule has 20 heavy (non-hydrogen) atoms. The fourth-order valence-electron chi connectivity index (χ4n) is 1.37. The molecule has 0 saturated carbocycles. The molecular formula is C11H5Br2ClN2O3S. The monoisotopic (exact) mass is 438 g/mol. The minimum atomic E-state index is -0.551. The van der Waals surface area contributed by atoms with Crippen molar-refractivity contribution in [3.8, 4) is 0 Å². The standard InChI is InChI=1S/C11H5Br2ClN2O3S/c12-6-4-9(20-10(6)13)11(17)15-8-3-5(16(18)19)1-2-7(8)14/h1-4H,(H,15,17). The molecule has 1 heterocycles. The summed E-state index contributed by atoms with van der Waals surface area (Å²) in [5.74, 6) is -0.385. The van der Waals surface area contributed by atoms with Crippen molar-refractivity contribution in [2.45, 2.75) is 0 Å². The Kier molecular flexibility index (Phi) is 4.79. The Balaban J connectivity index is 2.27. The van der Waals surface area contributed by atoms with Gasteiger partial charge in [0, 0.05) is 16.6 Å². The first-order valence-corrected chi connectivity index (χ1v) is 7.86. The number of nitro benzene ring substituents is 1. The number of non-ortho nitro benzene ring substituents is 1. The van der Waals surface area contributed by atoms with Gasteiger partial charge in [0.25, 0.3) is 11.6 Å². The number of halogens is 3. The van der Waals surface area contributed by atoms with Crippen molar-refractivity contribution in [3.63, 3.8) is 0 Å². The van der Waals surface area contributed by atoms with Crippen LogP contribution in [0.4, 0.5) is 11.4 Å². The minimum absolute atomic E-state index is 0.141. The summed E-state index contributed by atoms with van der Waals surface area (Å²) in [6.45, 7) is 0. The van der Waals surface area contributed by atoms with Gasteiger partial charge in [-0.15, -0.1) is 11.3 Å². The highest BCUT2D eigenvalue weighted by Crippen LogP contribution is 2.33. The van der Waals surface area contributed by atoms with E-state index >= 15 is 0 Å². The maximum atomic E-state index is 12.0. The fraction of sp³-hybridized carbons (Fsp3) is 0. The Bertz CT molecular complexity index is 685. The molecule has 0 fully saturated rings. The molecule has 2 rings (SSSR count). The number of nitrogens with one attached hydrogen (secondary N) is 1. The second-order valence-corrected chi connectivity index (χ2v) is 7.24. The van der Waals surface area contributed by atoms with Crippen LogP contribution in [0, 0.1) is 10.1 Å². The molecule has 0 radical (unpaired) electrons. The number of carbonyl (C=O) groups excluding carboxylic acids is 1. The van der Waals surface area contributed by atoms with Crippen molar-refractivity contribution < 1.29 is 9.72 Å². The highest BCUT2D eigenvalue weighted by molar-refractivity contribution is 9.13. The topological polar surface area (TPSA) is 72.2 Å². The Morgan fingerprint density at radius 1 is 1.35 bits per heavy atom. The molecule has 0 atom stereocenters. The highest BCUT2D eigenvalue weighted by Gasteiger charge is 2.15. The second-order valence-electron chi connectivity index (χ2n) is 3.61. The summed E-state index contributed by atoms with van der Waals surface area (Å²) in [4.78, 5) is 22.6.